The molecule has 3 heterocycles. The minimum absolute atomic E-state index is 0.0387. The average Bonchev–Trinajstić information content (AvgIpc) is 3.60. The Labute approximate surface area is 252 Å². The van der Waals surface area contributed by atoms with Gasteiger partial charge in [0.05, 0.1) is 33.2 Å². The van der Waals surface area contributed by atoms with Gasteiger partial charge in [0.2, 0.25) is 23.2 Å². The lowest BCUT2D eigenvalue weighted by atomic mass is 10.0. The van der Waals surface area contributed by atoms with Gasteiger partial charge in [-0.3, -0.25) is 4.57 Å². The first-order valence-corrected chi connectivity index (χ1v) is 14.1. The normalized spacial score (nSPS) is 12.0. The Bertz CT molecular complexity index is 2700. The topological polar surface area (TPSA) is 145 Å². The number of aromatic hydroxyl groups is 5. The summed E-state index contributed by atoms with van der Waals surface area (Å²) in [5.74, 6) is -4.48. The van der Waals surface area contributed by atoms with Crippen molar-refractivity contribution >= 4 is 65.4 Å². The molecule has 9 heteroatoms. The molecule has 0 aliphatic rings. The molecule has 5 N–H and O–H groups in total. The van der Waals surface area contributed by atoms with E-state index < -0.39 is 28.7 Å². The van der Waals surface area contributed by atoms with Gasteiger partial charge in [-0.15, -0.1) is 0 Å². The van der Waals surface area contributed by atoms with Gasteiger partial charge in [0.25, 0.3) is 0 Å². The lowest BCUT2D eigenvalue weighted by Crippen LogP contribution is -2.03. The fourth-order valence-electron chi connectivity index (χ4n) is 6.45. The molecule has 0 spiro atoms. The van der Waals surface area contributed by atoms with Crippen LogP contribution in [-0.4, -0.2) is 40.1 Å². The van der Waals surface area contributed by atoms with Crippen molar-refractivity contribution in [1.29, 1.82) is 0 Å². The summed E-state index contributed by atoms with van der Waals surface area (Å²) in [4.78, 5) is 9.76. The second kappa shape index (κ2) is 8.77. The number of aromatic nitrogens is 3. The van der Waals surface area contributed by atoms with Crippen LogP contribution in [0.2, 0.25) is 0 Å². The van der Waals surface area contributed by atoms with Gasteiger partial charge in [-0.2, -0.15) is 0 Å². The minimum Gasteiger partial charge on any atom is -0.504 e. The van der Waals surface area contributed by atoms with Crippen molar-refractivity contribution in [3.8, 4) is 46.0 Å². The molecule has 216 valence electrons. The number of hydrogen-bond donors (Lipinski definition) is 5. The molecule has 0 saturated carbocycles. The third-order valence-corrected chi connectivity index (χ3v) is 8.54. The molecule has 0 aliphatic carbocycles. The number of benzene rings is 6. The van der Waals surface area contributed by atoms with Crippen LogP contribution in [0.5, 0.6) is 28.7 Å². The summed E-state index contributed by atoms with van der Waals surface area (Å²) in [6, 6.07) is 31.1. The molecule has 9 nitrogen and oxygen atoms in total. The average molecular weight is 592 g/mol. The molecular weight excluding hydrogens is 570 g/mol. The van der Waals surface area contributed by atoms with Gasteiger partial charge in [-0.25, -0.2) is 9.97 Å². The van der Waals surface area contributed by atoms with Crippen molar-refractivity contribution in [2.24, 2.45) is 0 Å². The summed E-state index contributed by atoms with van der Waals surface area (Å²) in [5, 5.41) is 58.9. The quantitative estimate of drug-likeness (QED) is 0.101. The molecular formula is C36H21N3O6. The summed E-state index contributed by atoms with van der Waals surface area (Å²) in [7, 11) is 0. The molecule has 0 radical (unpaired) electrons. The number of furan rings is 1. The van der Waals surface area contributed by atoms with E-state index in [0.717, 1.165) is 54.5 Å². The number of phenolic OH excluding ortho intramolecular Hbond substituents is 5. The van der Waals surface area contributed by atoms with E-state index in [0.29, 0.717) is 10.9 Å². The molecule has 0 atom stereocenters. The Morgan fingerprint density at radius 1 is 0.533 bits per heavy atom. The highest BCUT2D eigenvalue weighted by Crippen LogP contribution is 2.55. The Kier molecular flexibility index (Phi) is 4.89. The van der Waals surface area contributed by atoms with E-state index in [9.17, 15) is 25.5 Å². The zero-order valence-electron chi connectivity index (χ0n) is 23.2. The lowest BCUT2D eigenvalue weighted by Gasteiger charge is -2.15. The predicted molar refractivity (Wildman–Crippen MR) is 172 cm³/mol. The number of phenols is 5. The largest absolute Gasteiger partial charge is 0.504 e. The summed E-state index contributed by atoms with van der Waals surface area (Å²) < 4.78 is 8.36. The molecule has 45 heavy (non-hydrogen) atoms. The van der Waals surface area contributed by atoms with Crippen LogP contribution < -0.4 is 0 Å². The number of para-hydroxylation sites is 2. The Morgan fingerprint density at radius 3 is 1.96 bits per heavy atom. The summed E-state index contributed by atoms with van der Waals surface area (Å²) in [5.41, 5.74) is 3.20. The first kappa shape index (κ1) is 25.1. The van der Waals surface area contributed by atoms with Crippen molar-refractivity contribution in [2.75, 3.05) is 0 Å². The summed E-state index contributed by atoms with van der Waals surface area (Å²) in [6.45, 7) is 0. The third kappa shape index (κ3) is 3.31. The van der Waals surface area contributed by atoms with E-state index in [2.05, 4.69) is 18.2 Å². The van der Waals surface area contributed by atoms with Crippen LogP contribution >= 0.6 is 0 Å². The van der Waals surface area contributed by atoms with Gasteiger partial charge in [0.15, 0.2) is 11.5 Å². The fraction of sp³-hybridized carbons (Fsp3) is 0. The molecule has 9 rings (SSSR count). The van der Waals surface area contributed by atoms with Gasteiger partial charge in [0.1, 0.15) is 11.2 Å². The molecule has 9 aromatic rings. The van der Waals surface area contributed by atoms with E-state index in [4.69, 9.17) is 14.4 Å². The van der Waals surface area contributed by atoms with Gasteiger partial charge in [-0.1, -0.05) is 60.7 Å². The highest BCUT2D eigenvalue weighted by atomic mass is 16.4. The fourth-order valence-corrected chi connectivity index (χ4v) is 6.45. The highest BCUT2D eigenvalue weighted by Gasteiger charge is 2.28. The van der Waals surface area contributed by atoms with Crippen LogP contribution in [0.15, 0.2) is 101 Å². The zero-order chi connectivity index (χ0) is 30.6. The highest BCUT2D eigenvalue weighted by molar-refractivity contribution is 6.25. The van der Waals surface area contributed by atoms with Crippen molar-refractivity contribution in [2.45, 2.75) is 0 Å². The van der Waals surface area contributed by atoms with Gasteiger partial charge in [0, 0.05) is 21.5 Å². The van der Waals surface area contributed by atoms with Gasteiger partial charge >= 0.3 is 0 Å². The van der Waals surface area contributed by atoms with Crippen molar-refractivity contribution in [1.82, 2.24) is 14.5 Å². The minimum atomic E-state index is -1.04. The van der Waals surface area contributed by atoms with Crippen LogP contribution in [0.4, 0.5) is 0 Å². The van der Waals surface area contributed by atoms with E-state index in [1.807, 2.05) is 59.2 Å². The molecule has 6 aromatic carbocycles. The zero-order valence-corrected chi connectivity index (χ0v) is 23.2. The van der Waals surface area contributed by atoms with Crippen LogP contribution in [0, 0.1) is 0 Å². The Balaban J connectivity index is 1.47. The standard InChI is InChI=1S/C36H21N3O6/c40-30-28(31(41)33(43)34(44)32(30)42)29-21-10-3-5-11-23(21)37-36(38-29)39-24-14-13-20-19-9-4-6-12-26(19)45-35(20)27(24)22-15-17-7-1-2-8-18(17)16-25(22)39/h1-16,40-44H. The maximum Gasteiger partial charge on any atom is 0.235 e. The maximum absolute atomic E-state index is 10.9. The number of rotatable bonds is 2. The maximum atomic E-state index is 10.9. The van der Waals surface area contributed by atoms with Crippen LogP contribution in [0.3, 0.4) is 0 Å². The first-order valence-electron chi connectivity index (χ1n) is 14.1. The van der Waals surface area contributed by atoms with Gasteiger partial charge in [-0.05, 0) is 47.2 Å². The SMILES string of the molecule is Oc1c(O)c(O)c(-c2nc(-n3c4cc5ccccc5cc4c4c5oc6ccccc6c5ccc43)nc3ccccc23)c(O)c1O. The monoisotopic (exact) mass is 591 g/mol. The molecule has 0 bridgehead atoms. The number of fused-ring (bicyclic) bond motifs is 9. The smallest absolute Gasteiger partial charge is 0.235 e. The molecule has 0 fully saturated rings. The predicted octanol–water partition coefficient (Wildman–Crippen LogP) is 7.97. The van der Waals surface area contributed by atoms with Crippen LogP contribution in [0.25, 0.3) is 82.6 Å². The van der Waals surface area contributed by atoms with E-state index >= 15 is 0 Å². The Morgan fingerprint density at radius 2 is 1.18 bits per heavy atom. The van der Waals surface area contributed by atoms with E-state index in [1.165, 1.54) is 0 Å². The molecule has 3 aromatic heterocycles. The van der Waals surface area contributed by atoms with Crippen molar-refractivity contribution in [3.63, 3.8) is 0 Å². The second-order valence-electron chi connectivity index (χ2n) is 11.0. The van der Waals surface area contributed by atoms with Crippen molar-refractivity contribution in [3.05, 3.63) is 97.1 Å². The molecule has 0 saturated heterocycles. The second-order valence-corrected chi connectivity index (χ2v) is 11.0. The van der Waals surface area contributed by atoms with Gasteiger partial charge < -0.3 is 29.9 Å². The molecule has 0 amide bonds. The molecule has 0 unspecified atom stereocenters. The molecule has 0 aliphatic heterocycles. The number of nitrogens with zero attached hydrogens (tertiary/aromatic N) is 3. The summed E-state index contributed by atoms with van der Waals surface area (Å²) in [6.07, 6.45) is 0. The van der Waals surface area contributed by atoms with Crippen LogP contribution in [-0.2, 0) is 0 Å². The van der Waals surface area contributed by atoms with E-state index in [-0.39, 0.29) is 17.2 Å². The van der Waals surface area contributed by atoms with E-state index in [1.54, 1.807) is 24.3 Å². The Hall–Kier alpha value is -6.48. The number of hydrogen-bond acceptors (Lipinski definition) is 8. The van der Waals surface area contributed by atoms with Crippen LogP contribution in [0.1, 0.15) is 0 Å². The third-order valence-electron chi connectivity index (χ3n) is 8.54. The lowest BCUT2D eigenvalue weighted by molar-refractivity contribution is 0.330. The first-order chi connectivity index (χ1) is 21.9. The van der Waals surface area contributed by atoms with Crippen molar-refractivity contribution < 1.29 is 29.9 Å². The summed E-state index contributed by atoms with van der Waals surface area (Å²) >= 11 is 0.